The van der Waals surface area contributed by atoms with Crippen LogP contribution in [0.25, 0.3) is 11.3 Å². The number of aromatic nitrogens is 5. The standard InChI is InChI=1S/C33H36N8O5/c1-33(2)16-21-14-26-32(45)41(9-8-40(26)27(21)17-33)29-23(19-42)22(6-7-34-29)24-15-25(31(44)38(3)37-24)36-28-5-4-20(18-35-28)30(43)39-10-12-46-13-11-39/h4-7,14-15,18,42H,8-13,16-17,19H2,1-3H3,(H,35,36). The fraction of sp³-hybridized carbons (Fsp3) is 0.394. The highest BCUT2D eigenvalue weighted by Crippen LogP contribution is 2.40. The van der Waals surface area contributed by atoms with Gasteiger partial charge in [-0.05, 0) is 54.2 Å². The highest BCUT2D eigenvalue weighted by Gasteiger charge is 2.37. The van der Waals surface area contributed by atoms with E-state index in [4.69, 9.17) is 4.74 Å². The zero-order chi connectivity index (χ0) is 32.2. The number of nitrogens with zero attached hydrogens (tertiary/aromatic N) is 7. The van der Waals surface area contributed by atoms with Crippen LogP contribution in [0.2, 0.25) is 0 Å². The Morgan fingerprint density at radius 2 is 1.85 bits per heavy atom. The summed E-state index contributed by atoms with van der Waals surface area (Å²) in [5.41, 5.74) is 4.94. The molecular weight excluding hydrogens is 588 g/mol. The van der Waals surface area contributed by atoms with Crippen molar-refractivity contribution in [1.82, 2.24) is 29.2 Å². The molecule has 0 aromatic carbocycles. The summed E-state index contributed by atoms with van der Waals surface area (Å²) < 4.78 is 8.67. The second-order valence-electron chi connectivity index (χ2n) is 12.8. The molecule has 13 heteroatoms. The molecule has 6 heterocycles. The Morgan fingerprint density at radius 1 is 1.04 bits per heavy atom. The average Bonchev–Trinajstić information content (AvgIpc) is 3.55. The van der Waals surface area contributed by atoms with Crippen molar-refractivity contribution in [3.05, 3.63) is 81.2 Å². The maximum absolute atomic E-state index is 13.8. The quantitative estimate of drug-likeness (QED) is 0.330. The van der Waals surface area contributed by atoms with Gasteiger partial charge >= 0.3 is 0 Å². The number of hydrogen-bond acceptors (Lipinski definition) is 9. The molecule has 2 aliphatic heterocycles. The van der Waals surface area contributed by atoms with E-state index in [1.54, 1.807) is 40.3 Å². The molecule has 1 saturated heterocycles. The SMILES string of the molecule is Cn1nc(-c2ccnc(N3CCn4c(cc5c4CC(C)(C)C5)C3=O)c2CO)cc(Nc2ccc(C(=O)N3CCOCC3)cn2)c1=O. The Hall–Kier alpha value is -4.88. The van der Waals surface area contributed by atoms with Gasteiger partial charge in [0.1, 0.15) is 23.0 Å². The predicted molar refractivity (Wildman–Crippen MR) is 170 cm³/mol. The van der Waals surface area contributed by atoms with Crippen molar-refractivity contribution >= 4 is 29.1 Å². The summed E-state index contributed by atoms with van der Waals surface area (Å²) in [6, 6.07) is 8.62. The molecule has 4 aromatic heterocycles. The molecule has 46 heavy (non-hydrogen) atoms. The molecule has 4 aromatic rings. The van der Waals surface area contributed by atoms with Crippen molar-refractivity contribution in [1.29, 1.82) is 0 Å². The van der Waals surface area contributed by atoms with Gasteiger partial charge in [-0.1, -0.05) is 13.8 Å². The van der Waals surface area contributed by atoms with Crippen molar-refractivity contribution in [2.24, 2.45) is 12.5 Å². The number of aryl methyl sites for hydroxylation is 1. The average molecular weight is 625 g/mol. The molecule has 7 rings (SSSR count). The van der Waals surface area contributed by atoms with E-state index < -0.39 is 0 Å². The third-order valence-corrected chi connectivity index (χ3v) is 8.98. The van der Waals surface area contributed by atoms with Gasteiger partial charge in [0.05, 0.1) is 31.1 Å². The zero-order valence-electron chi connectivity index (χ0n) is 26.1. The second kappa shape index (κ2) is 11.5. The molecule has 0 radical (unpaired) electrons. The van der Waals surface area contributed by atoms with Crippen LogP contribution in [0.4, 0.5) is 17.3 Å². The van der Waals surface area contributed by atoms with Crippen LogP contribution in [0.1, 0.15) is 51.5 Å². The van der Waals surface area contributed by atoms with Crippen molar-refractivity contribution in [2.45, 2.75) is 39.8 Å². The third-order valence-electron chi connectivity index (χ3n) is 8.98. The summed E-state index contributed by atoms with van der Waals surface area (Å²) in [5, 5.41) is 18.1. The molecule has 0 bridgehead atoms. The van der Waals surface area contributed by atoms with Gasteiger partial charge in [-0.2, -0.15) is 5.10 Å². The molecule has 2 amide bonds. The molecule has 0 atom stereocenters. The molecule has 238 valence electrons. The van der Waals surface area contributed by atoms with Crippen molar-refractivity contribution in [2.75, 3.05) is 43.1 Å². The maximum atomic E-state index is 13.8. The summed E-state index contributed by atoms with van der Waals surface area (Å²) in [6.07, 6.45) is 4.94. The molecule has 13 nitrogen and oxygen atoms in total. The van der Waals surface area contributed by atoms with Gasteiger partial charge < -0.3 is 24.6 Å². The topological polar surface area (TPSA) is 148 Å². The minimum atomic E-state index is -0.387. The first-order valence-corrected chi connectivity index (χ1v) is 15.4. The number of rotatable bonds is 6. The fourth-order valence-corrected chi connectivity index (χ4v) is 6.73. The number of ether oxygens (including phenoxy) is 1. The van der Waals surface area contributed by atoms with Crippen molar-refractivity contribution < 1.29 is 19.4 Å². The maximum Gasteiger partial charge on any atom is 0.290 e. The predicted octanol–water partition coefficient (Wildman–Crippen LogP) is 2.53. The molecule has 0 unspecified atom stereocenters. The Labute approximate surface area is 265 Å². The fourth-order valence-electron chi connectivity index (χ4n) is 6.73. The van der Waals surface area contributed by atoms with Crippen LogP contribution < -0.4 is 15.8 Å². The summed E-state index contributed by atoms with van der Waals surface area (Å²) >= 11 is 0. The van der Waals surface area contributed by atoms with Gasteiger partial charge in [-0.15, -0.1) is 0 Å². The van der Waals surface area contributed by atoms with Gasteiger partial charge in [-0.3, -0.25) is 19.3 Å². The van der Waals surface area contributed by atoms with Crippen LogP contribution in [0.3, 0.4) is 0 Å². The molecule has 0 spiro atoms. The van der Waals surface area contributed by atoms with E-state index in [1.165, 1.54) is 29.2 Å². The summed E-state index contributed by atoms with van der Waals surface area (Å²) in [7, 11) is 1.54. The number of pyridine rings is 2. The first kappa shape index (κ1) is 29.8. The van der Waals surface area contributed by atoms with Crippen LogP contribution in [0.5, 0.6) is 0 Å². The number of hydrogen-bond donors (Lipinski definition) is 2. The largest absolute Gasteiger partial charge is 0.392 e. The Kier molecular flexibility index (Phi) is 7.44. The smallest absolute Gasteiger partial charge is 0.290 e. The Balaban J connectivity index is 1.17. The number of nitrogens with one attached hydrogen (secondary N) is 1. The minimum absolute atomic E-state index is 0.122. The normalized spacial score (nSPS) is 17.2. The lowest BCUT2D eigenvalue weighted by atomic mass is 9.90. The molecule has 3 aliphatic rings. The number of carbonyl (C=O) groups is 2. The number of carbonyl (C=O) groups excluding carboxylic acids is 2. The van der Waals surface area contributed by atoms with Gasteiger partial charge in [0.25, 0.3) is 17.4 Å². The van der Waals surface area contributed by atoms with E-state index in [9.17, 15) is 19.5 Å². The van der Waals surface area contributed by atoms with Crippen LogP contribution in [0.15, 0.2) is 47.5 Å². The van der Waals surface area contributed by atoms with Gasteiger partial charge in [0.2, 0.25) is 0 Å². The van der Waals surface area contributed by atoms with E-state index in [0.29, 0.717) is 79.1 Å². The van der Waals surface area contributed by atoms with Gasteiger partial charge in [0.15, 0.2) is 0 Å². The van der Waals surface area contributed by atoms with E-state index in [2.05, 4.69) is 38.8 Å². The number of aliphatic hydroxyl groups excluding tert-OH is 1. The monoisotopic (exact) mass is 624 g/mol. The number of fused-ring (bicyclic) bond motifs is 3. The first-order valence-electron chi connectivity index (χ1n) is 15.4. The second-order valence-corrected chi connectivity index (χ2v) is 12.8. The first-order chi connectivity index (χ1) is 22.1. The van der Waals surface area contributed by atoms with E-state index >= 15 is 0 Å². The summed E-state index contributed by atoms with van der Waals surface area (Å²) in [4.78, 5) is 51.9. The molecule has 1 fully saturated rings. The molecule has 2 N–H and O–H groups in total. The van der Waals surface area contributed by atoms with E-state index in [0.717, 1.165) is 12.8 Å². The molecule has 0 saturated carbocycles. The van der Waals surface area contributed by atoms with Gasteiger partial charge in [0, 0.05) is 62.4 Å². The Morgan fingerprint density at radius 3 is 2.59 bits per heavy atom. The lowest BCUT2D eigenvalue weighted by Crippen LogP contribution is -2.41. The number of morpholine rings is 1. The highest BCUT2D eigenvalue weighted by atomic mass is 16.5. The van der Waals surface area contributed by atoms with Crippen LogP contribution >= 0.6 is 0 Å². The van der Waals surface area contributed by atoms with Gasteiger partial charge in [-0.25, -0.2) is 14.6 Å². The van der Waals surface area contributed by atoms with Crippen LogP contribution in [-0.4, -0.2) is 79.0 Å². The highest BCUT2D eigenvalue weighted by molar-refractivity contribution is 6.06. The van der Waals surface area contributed by atoms with E-state index in [1.807, 2.05) is 6.07 Å². The molecule has 1 aliphatic carbocycles. The number of amides is 2. The lowest BCUT2D eigenvalue weighted by Gasteiger charge is -2.30. The Bertz CT molecular complexity index is 1910. The summed E-state index contributed by atoms with van der Waals surface area (Å²) in [6.45, 7) is 7.23. The van der Waals surface area contributed by atoms with Crippen molar-refractivity contribution in [3.8, 4) is 11.3 Å². The zero-order valence-corrected chi connectivity index (χ0v) is 26.1. The molecular formula is C33H36N8O5. The summed E-state index contributed by atoms with van der Waals surface area (Å²) in [5.74, 6) is 0.464. The van der Waals surface area contributed by atoms with Crippen molar-refractivity contribution in [3.63, 3.8) is 0 Å². The van der Waals surface area contributed by atoms with Crippen LogP contribution in [0, 0.1) is 5.41 Å². The van der Waals surface area contributed by atoms with E-state index in [-0.39, 0.29) is 35.1 Å². The minimum Gasteiger partial charge on any atom is -0.392 e. The lowest BCUT2D eigenvalue weighted by molar-refractivity contribution is 0.0302. The number of aliphatic hydroxyl groups is 1. The number of anilines is 3. The van der Waals surface area contributed by atoms with Crippen LogP contribution in [-0.2, 0) is 37.8 Å². The third kappa shape index (κ3) is 5.24.